The molecular formula is C21H21N3O3S. The molecule has 0 atom stereocenters. The van der Waals surface area contributed by atoms with Gasteiger partial charge < -0.3 is 9.47 Å². The summed E-state index contributed by atoms with van der Waals surface area (Å²) < 4.78 is 11.8. The first kappa shape index (κ1) is 19.7. The minimum atomic E-state index is -0.440. The van der Waals surface area contributed by atoms with Crippen molar-refractivity contribution in [1.29, 1.82) is 0 Å². The largest absolute Gasteiger partial charge is 0.503 e. The first-order valence-electron chi connectivity index (χ1n) is 8.67. The van der Waals surface area contributed by atoms with Crippen molar-refractivity contribution >= 4 is 23.3 Å². The van der Waals surface area contributed by atoms with Gasteiger partial charge in [-0.25, -0.2) is 14.5 Å². The lowest BCUT2D eigenvalue weighted by Gasteiger charge is -2.10. The van der Waals surface area contributed by atoms with Crippen molar-refractivity contribution in [3.63, 3.8) is 0 Å². The Balaban J connectivity index is 1.72. The number of nitrogens with zero attached hydrogens (tertiary/aromatic N) is 3. The highest BCUT2D eigenvalue weighted by molar-refractivity contribution is 7.98. The average Bonchev–Trinajstić information content (AvgIpc) is 3.18. The van der Waals surface area contributed by atoms with Gasteiger partial charge in [-0.1, -0.05) is 66.4 Å². The van der Waals surface area contributed by atoms with Crippen LogP contribution in [0.3, 0.4) is 0 Å². The average molecular weight is 395 g/mol. The van der Waals surface area contributed by atoms with E-state index in [4.69, 9.17) is 9.47 Å². The van der Waals surface area contributed by atoms with E-state index in [1.54, 1.807) is 6.33 Å². The monoisotopic (exact) mass is 395 g/mol. The zero-order chi connectivity index (χ0) is 19.8. The molecule has 0 spiro atoms. The van der Waals surface area contributed by atoms with Gasteiger partial charge in [-0.15, -0.1) is 5.10 Å². The predicted octanol–water partition coefficient (Wildman–Crippen LogP) is 3.78. The molecule has 0 bridgehead atoms. The van der Waals surface area contributed by atoms with Crippen LogP contribution in [0.2, 0.25) is 0 Å². The lowest BCUT2D eigenvalue weighted by Crippen LogP contribution is -2.06. The standard InChI is InChI=1S/C21H21N3O3S/c1-26-13-19(20(25)27-2)18-11-7-6-10-17(18)14-28-21-22-15-24(23-21)12-16-8-4-3-5-9-16/h3-11,13,15H,12,14H2,1-2H3/b19-13-. The normalized spacial score (nSPS) is 11.3. The van der Waals surface area contributed by atoms with Crippen molar-refractivity contribution in [2.75, 3.05) is 14.2 Å². The summed E-state index contributed by atoms with van der Waals surface area (Å²) in [5.41, 5.74) is 3.29. The summed E-state index contributed by atoms with van der Waals surface area (Å²) in [4.78, 5) is 16.5. The second-order valence-corrected chi connectivity index (χ2v) is 6.86. The third kappa shape index (κ3) is 5.01. The van der Waals surface area contributed by atoms with Gasteiger partial charge in [0.2, 0.25) is 5.16 Å². The fourth-order valence-corrected chi connectivity index (χ4v) is 3.51. The van der Waals surface area contributed by atoms with Crippen LogP contribution in [0.15, 0.2) is 72.3 Å². The van der Waals surface area contributed by atoms with Gasteiger partial charge in [-0.05, 0) is 16.7 Å². The molecule has 2 aromatic carbocycles. The molecule has 0 aliphatic carbocycles. The number of esters is 1. The number of hydrogen-bond donors (Lipinski definition) is 0. The van der Waals surface area contributed by atoms with Crippen molar-refractivity contribution in [3.8, 4) is 0 Å². The van der Waals surface area contributed by atoms with Gasteiger partial charge in [-0.3, -0.25) is 0 Å². The molecular weight excluding hydrogens is 374 g/mol. The summed E-state index contributed by atoms with van der Waals surface area (Å²) in [5, 5.41) is 5.20. The Morgan fingerprint density at radius 2 is 1.86 bits per heavy atom. The Kier molecular flexibility index (Phi) is 6.86. The molecule has 0 saturated heterocycles. The quantitative estimate of drug-likeness (QED) is 0.250. The molecule has 3 rings (SSSR count). The first-order chi connectivity index (χ1) is 13.7. The number of ether oxygens (including phenoxy) is 2. The lowest BCUT2D eigenvalue weighted by molar-refractivity contribution is -0.133. The molecule has 0 amide bonds. The molecule has 0 fully saturated rings. The van der Waals surface area contributed by atoms with Crippen molar-refractivity contribution < 1.29 is 14.3 Å². The van der Waals surface area contributed by atoms with Gasteiger partial charge in [0, 0.05) is 5.75 Å². The Morgan fingerprint density at radius 3 is 2.61 bits per heavy atom. The number of benzene rings is 2. The molecule has 144 valence electrons. The Bertz CT molecular complexity index is 954. The minimum absolute atomic E-state index is 0.378. The summed E-state index contributed by atoms with van der Waals surface area (Å²) in [6.45, 7) is 0.675. The van der Waals surface area contributed by atoms with Gasteiger partial charge in [0.25, 0.3) is 0 Å². The highest BCUT2D eigenvalue weighted by atomic mass is 32.2. The highest BCUT2D eigenvalue weighted by Crippen LogP contribution is 2.26. The van der Waals surface area contributed by atoms with E-state index in [9.17, 15) is 4.79 Å². The van der Waals surface area contributed by atoms with Gasteiger partial charge in [0.15, 0.2) is 0 Å². The second-order valence-electron chi connectivity index (χ2n) is 5.91. The van der Waals surface area contributed by atoms with E-state index in [2.05, 4.69) is 22.2 Å². The van der Waals surface area contributed by atoms with Crippen molar-refractivity contribution in [1.82, 2.24) is 14.8 Å². The number of rotatable bonds is 8. The van der Waals surface area contributed by atoms with Crippen LogP contribution in [-0.4, -0.2) is 35.0 Å². The number of aromatic nitrogens is 3. The maximum absolute atomic E-state index is 12.1. The summed E-state index contributed by atoms with van der Waals surface area (Å²) in [5.74, 6) is 0.174. The lowest BCUT2D eigenvalue weighted by atomic mass is 10.0. The van der Waals surface area contributed by atoms with E-state index in [0.29, 0.717) is 23.0 Å². The molecule has 1 aromatic heterocycles. The van der Waals surface area contributed by atoms with E-state index in [1.807, 2.05) is 47.1 Å². The topological polar surface area (TPSA) is 66.2 Å². The molecule has 1 heterocycles. The third-order valence-corrected chi connectivity index (χ3v) is 4.91. The molecule has 0 unspecified atom stereocenters. The highest BCUT2D eigenvalue weighted by Gasteiger charge is 2.17. The smallest absolute Gasteiger partial charge is 0.341 e. The number of thioether (sulfide) groups is 1. The fourth-order valence-electron chi connectivity index (χ4n) is 2.69. The fraction of sp³-hybridized carbons (Fsp3) is 0.190. The van der Waals surface area contributed by atoms with Crippen LogP contribution in [0, 0.1) is 0 Å². The minimum Gasteiger partial charge on any atom is -0.503 e. The summed E-state index contributed by atoms with van der Waals surface area (Å²) in [6.07, 6.45) is 3.13. The van der Waals surface area contributed by atoms with Crippen LogP contribution in [0.5, 0.6) is 0 Å². The van der Waals surface area contributed by atoms with Crippen molar-refractivity contribution in [2.45, 2.75) is 17.5 Å². The molecule has 0 radical (unpaired) electrons. The zero-order valence-corrected chi connectivity index (χ0v) is 16.6. The molecule has 7 heteroatoms. The summed E-state index contributed by atoms with van der Waals surface area (Å²) >= 11 is 1.51. The van der Waals surface area contributed by atoms with Crippen molar-refractivity contribution in [3.05, 3.63) is 83.9 Å². The van der Waals surface area contributed by atoms with Crippen LogP contribution in [-0.2, 0) is 26.6 Å². The zero-order valence-electron chi connectivity index (χ0n) is 15.7. The second kappa shape index (κ2) is 9.75. The number of carbonyl (C=O) groups excluding carboxylic acids is 1. The van der Waals surface area contributed by atoms with Gasteiger partial charge in [-0.2, -0.15) is 0 Å². The third-order valence-electron chi connectivity index (χ3n) is 4.01. The van der Waals surface area contributed by atoms with Gasteiger partial charge in [0.1, 0.15) is 11.9 Å². The van der Waals surface area contributed by atoms with Crippen LogP contribution in [0.4, 0.5) is 0 Å². The maximum atomic E-state index is 12.1. The van der Waals surface area contributed by atoms with E-state index in [0.717, 1.165) is 11.1 Å². The predicted molar refractivity (Wildman–Crippen MR) is 109 cm³/mol. The Morgan fingerprint density at radius 1 is 1.11 bits per heavy atom. The SMILES string of the molecule is CO/C=C(\C(=O)OC)c1ccccc1CSc1ncn(Cc2ccccc2)n1. The molecule has 0 aliphatic rings. The number of methoxy groups -OCH3 is 2. The van der Waals surface area contributed by atoms with Crippen molar-refractivity contribution in [2.24, 2.45) is 0 Å². The van der Waals surface area contributed by atoms with Gasteiger partial charge >= 0.3 is 5.97 Å². The summed E-state index contributed by atoms with van der Waals surface area (Å²) in [6, 6.07) is 17.8. The molecule has 28 heavy (non-hydrogen) atoms. The molecule has 0 N–H and O–H groups in total. The van der Waals surface area contributed by atoms with E-state index in [-0.39, 0.29) is 0 Å². The maximum Gasteiger partial charge on any atom is 0.341 e. The van der Waals surface area contributed by atoms with Crippen LogP contribution >= 0.6 is 11.8 Å². The van der Waals surface area contributed by atoms with Crippen LogP contribution in [0.1, 0.15) is 16.7 Å². The molecule has 6 nitrogen and oxygen atoms in total. The summed E-state index contributed by atoms with van der Waals surface area (Å²) in [7, 11) is 2.86. The molecule has 3 aromatic rings. The van der Waals surface area contributed by atoms with Crippen LogP contribution < -0.4 is 0 Å². The van der Waals surface area contributed by atoms with Gasteiger partial charge in [0.05, 0.1) is 27.0 Å². The van der Waals surface area contributed by atoms with E-state index in [1.165, 1.54) is 37.8 Å². The Hall–Kier alpha value is -3.06. The van der Waals surface area contributed by atoms with E-state index < -0.39 is 5.97 Å². The number of carbonyl (C=O) groups is 1. The molecule has 0 saturated carbocycles. The molecule has 0 aliphatic heterocycles. The Labute approximate surface area is 168 Å². The first-order valence-corrected chi connectivity index (χ1v) is 9.65. The van der Waals surface area contributed by atoms with E-state index >= 15 is 0 Å². The number of hydrogen-bond acceptors (Lipinski definition) is 6. The van der Waals surface area contributed by atoms with Crippen LogP contribution in [0.25, 0.3) is 5.57 Å².